The lowest BCUT2D eigenvalue weighted by Gasteiger charge is -2.10. The van der Waals surface area contributed by atoms with E-state index in [1.54, 1.807) is 0 Å². The number of ether oxygens (including phenoxy) is 1. The third kappa shape index (κ3) is 2.41. The van der Waals surface area contributed by atoms with Crippen molar-refractivity contribution in [2.75, 3.05) is 0 Å². The minimum absolute atomic E-state index is 0.0632. The predicted molar refractivity (Wildman–Crippen MR) is 56.7 cm³/mol. The molecule has 2 atom stereocenters. The molecule has 1 aromatic heterocycles. The van der Waals surface area contributed by atoms with Gasteiger partial charge in [0.25, 0.3) is 0 Å². The molecule has 0 aromatic carbocycles. The van der Waals surface area contributed by atoms with E-state index in [4.69, 9.17) is 9.15 Å². The molecular weight excluding hydrogens is 208 g/mol. The zero-order valence-corrected chi connectivity index (χ0v) is 9.53. The number of hydrogen-bond donors (Lipinski definition) is 1. The van der Waals surface area contributed by atoms with E-state index in [-0.39, 0.29) is 18.1 Å². The maximum absolute atomic E-state index is 11.7. The number of amides is 1. The van der Waals surface area contributed by atoms with Gasteiger partial charge in [0.1, 0.15) is 17.6 Å². The van der Waals surface area contributed by atoms with Gasteiger partial charge in [-0.05, 0) is 26.7 Å². The molecule has 0 radical (unpaired) electrons. The van der Waals surface area contributed by atoms with Crippen molar-refractivity contribution in [1.82, 2.24) is 10.3 Å². The number of hydrogen-bond acceptors (Lipinski definition) is 4. The fourth-order valence-electron chi connectivity index (χ4n) is 1.78. The van der Waals surface area contributed by atoms with Gasteiger partial charge in [0, 0.05) is 0 Å². The minimum atomic E-state index is -0.304. The van der Waals surface area contributed by atoms with Crippen LogP contribution >= 0.6 is 0 Å². The summed E-state index contributed by atoms with van der Waals surface area (Å²) < 4.78 is 10.5. The molecular formula is C11H16N2O3. The molecule has 88 valence electrons. The third-order valence-corrected chi connectivity index (χ3v) is 2.80. The second-order valence-corrected chi connectivity index (χ2v) is 4.09. The Labute approximate surface area is 94.2 Å². The van der Waals surface area contributed by atoms with Crippen LogP contribution in [0.4, 0.5) is 0 Å². The number of oxazole rings is 1. The van der Waals surface area contributed by atoms with Crippen LogP contribution in [0.15, 0.2) is 10.8 Å². The van der Waals surface area contributed by atoms with Crippen molar-refractivity contribution in [2.24, 2.45) is 0 Å². The summed E-state index contributed by atoms with van der Waals surface area (Å²) in [4.78, 5) is 15.7. The molecule has 5 nitrogen and oxygen atoms in total. The predicted octanol–water partition coefficient (Wildman–Crippen LogP) is 1.17. The van der Waals surface area contributed by atoms with Gasteiger partial charge in [0.2, 0.25) is 5.91 Å². The van der Waals surface area contributed by atoms with Gasteiger partial charge in [0.15, 0.2) is 6.39 Å². The first-order chi connectivity index (χ1) is 7.66. The Morgan fingerprint density at radius 1 is 1.62 bits per heavy atom. The molecule has 1 aliphatic heterocycles. The smallest absolute Gasteiger partial charge is 0.249 e. The van der Waals surface area contributed by atoms with Crippen molar-refractivity contribution in [3.8, 4) is 0 Å². The molecule has 1 amide bonds. The standard InChI is InChI=1S/C11H16N2O3/c1-7-3-4-10(16-7)11(14)12-5-9-8(2)15-6-13-9/h6-7,10H,3-5H2,1-2H3,(H,12,14). The Bertz CT molecular complexity index is 375. The van der Waals surface area contributed by atoms with Crippen LogP contribution < -0.4 is 5.32 Å². The van der Waals surface area contributed by atoms with Crippen LogP contribution in [0.5, 0.6) is 0 Å². The van der Waals surface area contributed by atoms with Crippen LogP contribution in [-0.4, -0.2) is 23.1 Å². The lowest BCUT2D eigenvalue weighted by atomic mass is 10.2. The Balaban J connectivity index is 1.82. The maximum Gasteiger partial charge on any atom is 0.249 e. The average molecular weight is 224 g/mol. The van der Waals surface area contributed by atoms with E-state index in [1.807, 2.05) is 13.8 Å². The molecule has 1 N–H and O–H groups in total. The first-order valence-electron chi connectivity index (χ1n) is 5.49. The molecule has 1 aromatic rings. The molecule has 16 heavy (non-hydrogen) atoms. The van der Waals surface area contributed by atoms with E-state index >= 15 is 0 Å². The van der Waals surface area contributed by atoms with Crippen molar-refractivity contribution in [3.05, 3.63) is 17.8 Å². The molecule has 0 spiro atoms. The number of rotatable bonds is 3. The van der Waals surface area contributed by atoms with E-state index in [9.17, 15) is 4.79 Å². The van der Waals surface area contributed by atoms with Crippen molar-refractivity contribution in [3.63, 3.8) is 0 Å². The van der Waals surface area contributed by atoms with Crippen molar-refractivity contribution in [1.29, 1.82) is 0 Å². The molecule has 1 fully saturated rings. The third-order valence-electron chi connectivity index (χ3n) is 2.80. The molecule has 1 saturated heterocycles. The van der Waals surface area contributed by atoms with Gasteiger partial charge >= 0.3 is 0 Å². The Morgan fingerprint density at radius 3 is 3.00 bits per heavy atom. The van der Waals surface area contributed by atoms with Gasteiger partial charge in [-0.25, -0.2) is 4.98 Å². The van der Waals surface area contributed by atoms with Crippen LogP contribution in [0.3, 0.4) is 0 Å². The van der Waals surface area contributed by atoms with E-state index in [0.29, 0.717) is 6.54 Å². The van der Waals surface area contributed by atoms with Crippen LogP contribution in [-0.2, 0) is 16.1 Å². The Morgan fingerprint density at radius 2 is 2.44 bits per heavy atom. The molecule has 5 heteroatoms. The largest absolute Gasteiger partial charge is 0.448 e. The van der Waals surface area contributed by atoms with Crippen molar-refractivity contribution in [2.45, 2.75) is 45.4 Å². The zero-order chi connectivity index (χ0) is 11.5. The fraction of sp³-hybridized carbons (Fsp3) is 0.636. The highest BCUT2D eigenvalue weighted by Gasteiger charge is 2.27. The molecule has 0 aliphatic carbocycles. The van der Waals surface area contributed by atoms with Gasteiger partial charge in [-0.3, -0.25) is 4.79 Å². The second-order valence-electron chi connectivity index (χ2n) is 4.09. The number of nitrogens with one attached hydrogen (secondary N) is 1. The fourth-order valence-corrected chi connectivity index (χ4v) is 1.78. The summed E-state index contributed by atoms with van der Waals surface area (Å²) in [5.74, 6) is 0.674. The van der Waals surface area contributed by atoms with Gasteiger partial charge in [-0.1, -0.05) is 0 Å². The zero-order valence-electron chi connectivity index (χ0n) is 9.53. The highest BCUT2D eigenvalue weighted by molar-refractivity contribution is 5.80. The van der Waals surface area contributed by atoms with Crippen LogP contribution in [0.1, 0.15) is 31.2 Å². The molecule has 2 rings (SSSR count). The SMILES string of the molecule is Cc1ocnc1CNC(=O)C1CCC(C)O1. The minimum Gasteiger partial charge on any atom is -0.448 e. The van der Waals surface area contributed by atoms with Gasteiger partial charge in [0.05, 0.1) is 12.6 Å². The molecule has 0 bridgehead atoms. The van der Waals surface area contributed by atoms with E-state index in [1.165, 1.54) is 6.39 Å². The molecule has 2 heterocycles. The second kappa shape index (κ2) is 4.65. The Kier molecular flexibility index (Phi) is 3.24. The lowest BCUT2D eigenvalue weighted by molar-refractivity contribution is -0.131. The van der Waals surface area contributed by atoms with Crippen molar-refractivity contribution >= 4 is 5.91 Å². The highest BCUT2D eigenvalue weighted by atomic mass is 16.5. The quantitative estimate of drug-likeness (QED) is 0.837. The van der Waals surface area contributed by atoms with Crippen molar-refractivity contribution < 1.29 is 13.9 Å². The van der Waals surface area contributed by atoms with Gasteiger partial charge in [-0.2, -0.15) is 0 Å². The lowest BCUT2D eigenvalue weighted by Crippen LogP contribution is -2.34. The maximum atomic E-state index is 11.7. The van der Waals surface area contributed by atoms with Crippen LogP contribution in [0.25, 0.3) is 0 Å². The van der Waals surface area contributed by atoms with Crippen LogP contribution in [0.2, 0.25) is 0 Å². The summed E-state index contributed by atoms with van der Waals surface area (Å²) in [5.41, 5.74) is 0.763. The topological polar surface area (TPSA) is 64.4 Å². The summed E-state index contributed by atoms with van der Waals surface area (Å²) in [6.07, 6.45) is 3.00. The molecule has 2 unspecified atom stereocenters. The van der Waals surface area contributed by atoms with E-state index in [2.05, 4.69) is 10.3 Å². The van der Waals surface area contributed by atoms with Crippen LogP contribution in [0, 0.1) is 6.92 Å². The number of aromatic nitrogens is 1. The van der Waals surface area contributed by atoms with Gasteiger partial charge in [-0.15, -0.1) is 0 Å². The van der Waals surface area contributed by atoms with E-state index in [0.717, 1.165) is 24.3 Å². The summed E-state index contributed by atoms with van der Waals surface area (Å²) in [6.45, 7) is 4.20. The molecule has 0 saturated carbocycles. The number of nitrogens with zero attached hydrogens (tertiary/aromatic N) is 1. The number of aryl methyl sites for hydroxylation is 1. The summed E-state index contributed by atoms with van der Waals surface area (Å²) in [7, 11) is 0. The monoisotopic (exact) mass is 224 g/mol. The number of carbonyl (C=O) groups excluding carboxylic acids is 1. The first-order valence-corrected chi connectivity index (χ1v) is 5.49. The summed E-state index contributed by atoms with van der Waals surface area (Å²) >= 11 is 0. The average Bonchev–Trinajstić information content (AvgIpc) is 2.84. The summed E-state index contributed by atoms with van der Waals surface area (Å²) in [5, 5.41) is 2.80. The highest BCUT2D eigenvalue weighted by Crippen LogP contribution is 2.19. The number of carbonyl (C=O) groups is 1. The van der Waals surface area contributed by atoms with E-state index < -0.39 is 0 Å². The summed E-state index contributed by atoms with van der Waals surface area (Å²) in [6, 6.07) is 0. The normalized spacial score (nSPS) is 24.6. The molecule has 1 aliphatic rings. The Hall–Kier alpha value is -1.36. The van der Waals surface area contributed by atoms with Gasteiger partial charge < -0.3 is 14.5 Å². The first kappa shape index (κ1) is 11.1.